The summed E-state index contributed by atoms with van der Waals surface area (Å²) >= 11 is 0. The van der Waals surface area contributed by atoms with Crippen LogP contribution >= 0.6 is 0 Å². The van der Waals surface area contributed by atoms with Crippen LogP contribution in [-0.2, 0) is 0 Å². The molecule has 0 saturated heterocycles. The van der Waals surface area contributed by atoms with Crippen LogP contribution in [0.15, 0.2) is 66.2 Å². The molecule has 2 aromatic carbocycles. The lowest BCUT2D eigenvalue weighted by molar-refractivity contribution is 0.772. The number of rotatable bonds is 3. The summed E-state index contributed by atoms with van der Waals surface area (Å²) in [6.45, 7) is 6.74. The van der Waals surface area contributed by atoms with E-state index in [1.165, 1.54) is 22.3 Å². The van der Waals surface area contributed by atoms with Crippen LogP contribution < -0.4 is 0 Å². The van der Waals surface area contributed by atoms with Crippen molar-refractivity contribution in [2.75, 3.05) is 0 Å². The molecule has 0 atom stereocenters. The number of allylic oxidation sites excluding steroid dienone is 1. The summed E-state index contributed by atoms with van der Waals surface area (Å²) in [6.07, 6.45) is 0. The van der Waals surface area contributed by atoms with Crippen LogP contribution in [0.1, 0.15) is 31.9 Å². The third-order valence-electron chi connectivity index (χ3n) is 3.39. The highest BCUT2D eigenvalue weighted by atomic mass is 14.1. The summed E-state index contributed by atoms with van der Waals surface area (Å²) < 4.78 is 0. The maximum Gasteiger partial charge on any atom is -0.0120 e. The summed E-state index contributed by atoms with van der Waals surface area (Å²) in [6, 6.07) is 21.3. The molecular weight excluding hydrogens is 216 g/mol. The van der Waals surface area contributed by atoms with E-state index < -0.39 is 0 Å². The highest BCUT2D eigenvalue weighted by Gasteiger charge is 2.10. The van der Waals surface area contributed by atoms with Crippen LogP contribution in [0.5, 0.6) is 0 Å². The minimum atomic E-state index is 0.556. The molecule has 0 heterocycles. The van der Waals surface area contributed by atoms with Crippen LogP contribution in [0.2, 0.25) is 0 Å². The Bertz CT molecular complexity index is 477. The zero-order valence-electron chi connectivity index (χ0n) is 11.4. The zero-order valence-corrected chi connectivity index (χ0v) is 11.4. The quantitative estimate of drug-likeness (QED) is 0.690. The SMILES string of the molecule is CC(=C(c1ccccc1)c1ccccc1)C(C)C. The smallest absolute Gasteiger partial charge is 0.0120 e. The van der Waals surface area contributed by atoms with E-state index in [1.54, 1.807) is 0 Å². The van der Waals surface area contributed by atoms with Gasteiger partial charge in [-0.1, -0.05) is 80.1 Å². The highest BCUT2D eigenvalue weighted by molar-refractivity contribution is 5.82. The summed E-state index contributed by atoms with van der Waals surface area (Å²) in [5.41, 5.74) is 5.41. The summed E-state index contributed by atoms with van der Waals surface area (Å²) in [5.74, 6) is 0.556. The van der Waals surface area contributed by atoms with Crippen molar-refractivity contribution < 1.29 is 0 Å². The molecule has 0 saturated carbocycles. The lowest BCUT2D eigenvalue weighted by atomic mass is 9.89. The zero-order chi connectivity index (χ0) is 13.0. The van der Waals surface area contributed by atoms with E-state index in [2.05, 4.69) is 81.4 Å². The normalized spacial score (nSPS) is 10.4. The average molecular weight is 236 g/mol. The molecule has 0 nitrogen and oxygen atoms in total. The van der Waals surface area contributed by atoms with E-state index >= 15 is 0 Å². The number of hydrogen-bond donors (Lipinski definition) is 0. The lowest BCUT2D eigenvalue weighted by Crippen LogP contribution is -1.97. The Hall–Kier alpha value is -1.82. The Labute approximate surface area is 110 Å². The predicted molar refractivity (Wildman–Crippen MR) is 79.4 cm³/mol. The molecule has 0 aromatic heterocycles. The molecule has 2 rings (SSSR count). The van der Waals surface area contributed by atoms with Crippen molar-refractivity contribution >= 4 is 5.57 Å². The molecule has 18 heavy (non-hydrogen) atoms. The summed E-state index contributed by atoms with van der Waals surface area (Å²) in [4.78, 5) is 0. The van der Waals surface area contributed by atoms with Crippen molar-refractivity contribution in [3.63, 3.8) is 0 Å². The Morgan fingerprint density at radius 3 is 1.44 bits per heavy atom. The van der Waals surface area contributed by atoms with Gasteiger partial charge in [-0.3, -0.25) is 0 Å². The molecule has 0 aliphatic rings. The molecule has 92 valence electrons. The van der Waals surface area contributed by atoms with E-state index in [4.69, 9.17) is 0 Å². The van der Waals surface area contributed by atoms with Gasteiger partial charge < -0.3 is 0 Å². The van der Waals surface area contributed by atoms with Gasteiger partial charge in [-0.2, -0.15) is 0 Å². The first kappa shape index (κ1) is 12.6. The van der Waals surface area contributed by atoms with Crippen molar-refractivity contribution in [3.05, 3.63) is 77.4 Å². The van der Waals surface area contributed by atoms with Gasteiger partial charge in [-0.05, 0) is 29.5 Å². The second-order valence-corrected chi connectivity index (χ2v) is 4.94. The molecule has 0 fully saturated rings. The van der Waals surface area contributed by atoms with Crippen LogP contribution in [0.3, 0.4) is 0 Å². The molecule has 0 aliphatic heterocycles. The van der Waals surface area contributed by atoms with E-state index in [0.717, 1.165) is 0 Å². The van der Waals surface area contributed by atoms with Crippen molar-refractivity contribution in [3.8, 4) is 0 Å². The Morgan fingerprint density at radius 1 is 0.722 bits per heavy atom. The number of benzene rings is 2. The van der Waals surface area contributed by atoms with Crippen LogP contribution in [0, 0.1) is 5.92 Å². The second kappa shape index (κ2) is 5.68. The predicted octanol–water partition coefficient (Wildman–Crippen LogP) is 5.16. The molecule has 0 unspecified atom stereocenters. The van der Waals surface area contributed by atoms with E-state index in [9.17, 15) is 0 Å². The molecule has 0 N–H and O–H groups in total. The van der Waals surface area contributed by atoms with Crippen molar-refractivity contribution in [2.45, 2.75) is 20.8 Å². The van der Waals surface area contributed by atoms with Crippen molar-refractivity contribution in [1.82, 2.24) is 0 Å². The molecule has 0 bridgehead atoms. The molecule has 2 aromatic rings. The minimum Gasteiger partial charge on any atom is -0.0623 e. The van der Waals surface area contributed by atoms with Gasteiger partial charge >= 0.3 is 0 Å². The lowest BCUT2D eigenvalue weighted by Gasteiger charge is -2.16. The third kappa shape index (κ3) is 2.70. The van der Waals surface area contributed by atoms with Gasteiger partial charge in [0.05, 0.1) is 0 Å². The van der Waals surface area contributed by atoms with Gasteiger partial charge in [-0.25, -0.2) is 0 Å². The van der Waals surface area contributed by atoms with Gasteiger partial charge in [0.25, 0.3) is 0 Å². The van der Waals surface area contributed by atoms with E-state index in [1.807, 2.05) is 0 Å². The summed E-state index contributed by atoms with van der Waals surface area (Å²) in [7, 11) is 0. The molecule has 0 heteroatoms. The van der Waals surface area contributed by atoms with E-state index in [0.29, 0.717) is 5.92 Å². The van der Waals surface area contributed by atoms with Gasteiger partial charge in [0.1, 0.15) is 0 Å². The van der Waals surface area contributed by atoms with Crippen LogP contribution in [0.4, 0.5) is 0 Å². The Kier molecular flexibility index (Phi) is 3.99. The molecular formula is C18H20. The van der Waals surface area contributed by atoms with Gasteiger partial charge in [-0.15, -0.1) is 0 Å². The first-order valence-corrected chi connectivity index (χ1v) is 6.51. The number of hydrogen-bond acceptors (Lipinski definition) is 0. The fraction of sp³-hybridized carbons (Fsp3) is 0.222. The van der Waals surface area contributed by atoms with Gasteiger partial charge in [0.15, 0.2) is 0 Å². The first-order valence-electron chi connectivity index (χ1n) is 6.51. The molecule has 0 radical (unpaired) electrons. The standard InChI is InChI=1S/C18H20/c1-14(2)15(3)18(16-10-6-4-7-11-16)17-12-8-5-9-13-17/h4-14H,1-3H3. The monoisotopic (exact) mass is 236 g/mol. The van der Waals surface area contributed by atoms with Crippen molar-refractivity contribution in [1.29, 1.82) is 0 Å². The molecule has 0 spiro atoms. The Morgan fingerprint density at radius 2 is 1.11 bits per heavy atom. The fourth-order valence-electron chi connectivity index (χ4n) is 2.12. The second-order valence-electron chi connectivity index (χ2n) is 4.94. The minimum absolute atomic E-state index is 0.556. The Balaban J connectivity index is 2.60. The average Bonchev–Trinajstić information content (AvgIpc) is 2.41. The molecule has 0 amide bonds. The topological polar surface area (TPSA) is 0 Å². The van der Waals surface area contributed by atoms with Gasteiger partial charge in [0.2, 0.25) is 0 Å². The maximum absolute atomic E-state index is 2.25. The first-order chi connectivity index (χ1) is 8.70. The fourth-order valence-corrected chi connectivity index (χ4v) is 2.12. The van der Waals surface area contributed by atoms with Gasteiger partial charge in [0, 0.05) is 0 Å². The summed E-state index contributed by atoms with van der Waals surface area (Å²) in [5, 5.41) is 0. The highest BCUT2D eigenvalue weighted by Crippen LogP contribution is 2.29. The van der Waals surface area contributed by atoms with Crippen molar-refractivity contribution in [2.24, 2.45) is 5.92 Å². The van der Waals surface area contributed by atoms with E-state index in [-0.39, 0.29) is 0 Å². The maximum atomic E-state index is 2.25. The molecule has 0 aliphatic carbocycles. The third-order valence-corrected chi connectivity index (χ3v) is 3.39. The largest absolute Gasteiger partial charge is 0.0623 e. The van der Waals surface area contributed by atoms with Crippen LogP contribution in [0.25, 0.3) is 5.57 Å². The van der Waals surface area contributed by atoms with Crippen LogP contribution in [-0.4, -0.2) is 0 Å².